The molecule has 0 aromatic heterocycles. The quantitative estimate of drug-likeness (QED) is 0.696. The Bertz CT molecular complexity index is 914. The van der Waals surface area contributed by atoms with E-state index in [-0.39, 0.29) is 23.3 Å². The number of benzene rings is 2. The van der Waals surface area contributed by atoms with Gasteiger partial charge in [-0.15, -0.1) is 0 Å². The number of rotatable bonds is 6. The number of hydrogen-bond acceptors (Lipinski definition) is 4. The summed E-state index contributed by atoms with van der Waals surface area (Å²) in [5.74, 6) is 0.409. The minimum atomic E-state index is -3.67. The maximum absolute atomic E-state index is 13.1. The van der Waals surface area contributed by atoms with Crippen LogP contribution in [0.4, 0.5) is 5.69 Å². The molecule has 1 N–H and O–H groups in total. The van der Waals surface area contributed by atoms with E-state index in [4.69, 9.17) is 4.74 Å². The van der Waals surface area contributed by atoms with Gasteiger partial charge in [0, 0.05) is 29.2 Å². The lowest BCUT2D eigenvalue weighted by molar-refractivity contribution is -0.117. The van der Waals surface area contributed by atoms with Crippen LogP contribution in [0.15, 0.2) is 57.9 Å². The fraction of sp³-hybridized carbons (Fsp3) is 0.350. The molecule has 1 atom stereocenters. The standard InChI is InChI=1S/C20H23BrN2O4S/c1-27-18-9-11-19(12-10-18)28(25,26)23-13-3-2-4-17(23)14-20(24)22-16-7-5-15(21)6-8-16/h5-12,17H,2-4,13-14H2,1H3,(H,22,24)/t17-/m1/s1. The third-order valence-corrected chi connectivity index (χ3v) is 7.28. The van der Waals surface area contributed by atoms with Crippen LogP contribution in [0.5, 0.6) is 5.75 Å². The van der Waals surface area contributed by atoms with Crippen molar-refractivity contribution in [2.45, 2.75) is 36.6 Å². The van der Waals surface area contributed by atoms with Gasteiger partial charge in [0.25, 0.3) is 0 Å². The van der Waals surface area contributed by atoms with Crippen molar-refractivity contribution >= 4 is 37.5 Å². The summed E-state index contributed by atoms with van der Waals surface area (Å²) in [5.41, 5.74) is 0.688. The van der Waals surface area contributed by atoms with Crippen LogP contribution < -0.4 is 10.1 Å². The van der Waals surface area contributed by atoms with Crippen molar-refractivity contribution in [3.63, 3.8) is 0 Å². The average Bonchev–Trinajstić information content (AvgIpc) is 2.70. The number of amides is 1. The number of piperidine rings is 1. The molecular weight excluding hydrogens is 444 g/mol. The first kappa shape index (κ1) is 20.8. The topological polar surface area (TPSA) is 75.7 Å². The molecule has 1 aliphatic rings. The summed E-state index contributed by atoms with van der Waals surface area (Å²) in [7, 11) is -2.13. The van der Waals surface area contributed by atoms with Gasteiger partial charge in [0.15, 0.2) is 0 Å². The Morgan fingerprint density at radius 3 is 2.46 bits per heavy atom. The number of nitrogens with zero attached hydrogens (tertiary/aromatic N) is 1. The SMILES string of the molecule is COc1ccc(S(=O)(=O)N2CCCC[C@@H]2CC(=O)Nc2ccc(Br)cc2)cc1. The zero-order valence-corrected chi connectivity index (χ0v) is 18.0. The Kier molecular flexibility index (Phi) is 6.74. The second-order valence-corrected chi connectivity index (χ2v) is 9.51. The highest BCUT2D eigenvalue weighted by Gasteiger charge is 2.34. The molecular formula is C20H23BrN2O4S. The summed E-state index contributed by atoms with van der Waals surface area (Å²) >= 11 is 3.36. The van der Waals surface area contributed by atoms with Crippen molar-refractivity contribution < 1.29 is 17.9 Å². The molecule has 2 aromatic rings. The number of sulfonamides is 1. The van der Waals surface area contributed by atoms with E-state index < -0.39 is 10.0 Å². The van der Waals surface area contributed by atoms with Crippen molar-refractivity contribution in [2.24, 2.45) is 0 Å². The highest BCUT2D eigenvalue weighted by Crippen LogP contribution is 2.28. The molecule has 1 saturated heterocycles. The summed E-state index contributed by atoms with van der Waals surface area (Å²) in [6, 6.07) is 13.3. The summed E-state index contributed by atoms with van der Waals surface area (Å²) < 4.78 is 33.7. The van der Waals surface area contributed by atoms with Gasteiger partial charge in [-0.2, -0.15) is 4.31 Å². The molecule has 1 aliphatic heterocycles. The second-order valence-electron chi connectivity index (χ2n) is 6.70. The first-order valence-corrected chi connectivity index (χ1v) is 11.3. The van der Waals surface area contributed by atoms with Gasteiger partial charge in [0.05, 0.1) is 12.0 Å². The molecule has 150 valence electrons. The fourth-order valence-electron chi connectivity index (χ4n) is 3.34. The van der Waals surface area contributed by atoms with Crippen LogP contribution in [-0.4, -0.2) is 38.3 Å². The molecule has 0 unspecified atom stereocenters. The number of carbonyl (C=O) groups excluding carboxylic acids is 1. The predicted molar refractivity (Wildman–Crippen MR) is 112 cm³/mol. The van der Waals surface area contributed by atoms with Crippen LogP contribution in [0.1, 0.15) is 25.7 Å². The van der Waals surface area contributed by atoms with Crippen LogP contribution >= 0.6 is 15.9 Å². The summed E-state index contributed by atoms with van der Waals surface area (Å²) in [4.78, 5) is 12.7. The molecule has 1 fully saturated rings. The van der Waals surface area contributed by atoms with Gasteiger partial charge in [-0.3, -0.25) is 4.79 Å². The number of methoxy groups -OCH3 is 1. The normalized spacial score (nSPS) is 17.9. The molecule has 1 heterocycles. The monoisotopic (exact) mass is 466 g/mol. The molecule has 0 bridgehead atoms. The largest absolute Gasteiger partial charge is 0.497 e. The minimum absolute atomic E-state index is 0.130. The first-order valence-electron chi connectivity index (χ1n) is 9.11. The maximum Gasteiger partial charge on any atom is 0.243 e. The van der Waals surface area contributed by atoms with E-state index >= 15 is 0 Å². The first-order chi connectivity index (χ1) is 13.4. The molecule has 3 rings (SSSR count). The number of nitrogens with one attached hydrogen (secondary N) is 1. The molecule has 0 spiro atoms. The smallest absolute Gasteiger partial charge is 0.243 e. The van der Waals surface area contributed by atoms with Crippen LogP contribution in [0.2, 0.25) is 0 Å². The molecule has 0 aliphatic carbocycles. The molecule has 0 radical (unpaired) electrons. The molecule has 8 heteroatoms. The van der Waals surface area contributed by atoms with E-state index in [1.54, 1.807) is 36.4 Å². The maximum atomic E-state index is 13.1. The van der Waals surface area contributed by atoms with Crippen molar-refractivity contribution in [1.29, 1.82) is 0 Å². The highest BCUT2D eigenvalue weighted by atomic mass is 79.9. The molecule has 1 amide bonds. The van der Waals surface area contributed by atoms with Gasteiger partial charge in [0.1, 0.15) is 5.75 Å². The van der Waals surface area contributed by atoms with E-state index in [1.807, 2.05) is 12.1 Å². The number of ether oxygens (including phenoxy) is 1. The Morgan fingerprint density at radius 1 is 1.14 bits per heavy atom. The van der Waals surface area contributed by atoms with Crippen LogP contribution in [-0.2, 0) is 14.8 Å². The summed E-state index contributed by atoms with van der Waals surface area (Å²) in [5, 5.41) is 2.85. The second kappa shape index (κ2) is 9.07. The van der Waals surface area contributed by atoms with E-state index in [2.05, 4.69) is 21.2 Å². The van der Waals surface area contributed by atoms with Gasteiger partial charge >= 0.3 is 0 Å². The lowest BCUT2D eigenvalue weighted by atomic mass is 10.0. The van der Waals surface area contributed by atoms with Crippen molar-refractivity contribution in [1.82, 2.24) is 4.31 Å². The van der Waals surface area contributed by atoms with Crippen molar-refractivity contribution in [3.8, 4) is 5.75 Å². The summed E-state index contributed by atoms with van der Waals surface area (Å²) in [6.07, 6.45) is 2.50. The van der Waals surface area contributed by atoms with Gasteiger partial charge < -0.3 is 10.1 Å². The van der Waals surface area contributed by atoms with Gasteiger partial charge in [0.2, 0.25) is 15.9 Å². The van der Waals surface area contributed by atoms with Crippen molar-refractivity contribution in [3.05, 3.63) is 53.0 Å². The van der Waals surface area contributed by atoms with E-state index in [1.165, 1.54) is 11.4 Å². The number of anilines is 1. The summed E-state index contributed by atoms with van der Waals surface area (Å²) in [6.45, 7) is 0.421. The Labute approximate surface area is 174 Å². The lowest BCUT2D eigenvalue weighted by Gasteiger charge is -2.34. The Morgan fingerprint density at radius 2 is 1.82 bits per heavy atom. The van der Waals surface area contributed by atoms with E-state index in [0.29, 0.717) is 24.4 Å². The van der Waals surface area contributed by atoms with Crippen LogP contribution in [0.25, 0.3) is 0 Å². The number of halogens is 1. The van der Waals surface area contributed by atoms with E-state index in [0.717, 1.165) is 17.3 Å². The van der Waals surface area contributed by atoms with Gasteiger partial charge in [-0.1, -0.05) is 22.4 Å². The molecule has 0 saturated carbocycles. The number of hydrogen-bond donors (Lipinski definition) is 1. The predicted octanol–water partition coefficient (Wildman–Crippen LogP) is 4.03. The molecule has 2 aromatic carbocycles. The third kappa shape index (κ3) is 4.92. The Balaban J connectivity index is 1.73. The number of carbonyl (C=O) groups is 1. The van der Waals surface area contributed by atoms with E-state index in [9.17, 15) is 13.2 Å². The van der Waals surface area contributed by atoms with Gasteiger partial charge in [-0.05, 0) is 61.4 Å². The zero-order valence-electron chi connectivity index (χ0n) is 15.6. The van der Waals surface area contributed by atoms with Crippen LogP contribution in [0.3, 0.4) is 0 Å². The lowest BCUT2D eigenvalue weighted by Crippen LogP contribution is -2.45. The molecule has 6 nitrogen and oxygen atoms in total. The van der Waals surface area contributed by atoms with Gasteiger partial charge in [-0.25, -0.2) is 8.42 Å². The van der Waals surface area contributed by atoms with Crippen LogP contribution in [0, 0.1) is 0 Å². The van der Waals surface area contributed by atoms with Crippen molar-refractivity contribution in [2.75, 3.05) is 19.0 Å². The highest BCUT2D eigenvalue weighted by molar-refractivity contribution is 9.10. The minimum Gasteiger partial charge on any atom is -0.497 e. The molecule has 28 heavy (non-hydrogen) atoms. The average molecular weight is 467 g/mol. The Hall–Kier alpha value is -1.90. The third-order valence-electron chi connectivity index (χ3n) is 4.79. The zero-order chi connectivity index (χ0) is 20.1. The fourth-order valence-corrected chi connectivity index (χ4v) is 5.29.